The lowest BCUT2D eigenvalue weighted by Gasteiger charge is -2.12. The van der Waals surface area contributed by atoms with Crippen molar-refractivity contribution >= 4 is 0 Å². The molecule has 0 aliphatic rings. The van der Waals surface area contributed by atoms with E-state index in [2.05, 4.69) is 32.9 Å². The standard InChI is InChI=1S/C12H24O/c1-5-6-7-8-9-11(2)10-12(3)13-4/h8-9,11-12H,5-7,10H2,1-4H3. The Morgan fingerprint density at radius 1 is 1.31 bits per heavy atom. The summed E-state index contributed by atoms with van der Waals surface area (Å²) < 4.78 is 5.21. The van der Waals surface area contributed by atoms with Crippen LogP contribution in [0.25, 0.3) is 0 Å². The Balaban J connectivity index is 3.48. The molecule has 0 aromatic rings. The van der Waals surface area contributed by atoms with Gasteiger partial charge in [-0.15, -0.1) is 0 Å². The van der Waals surface area contributed by atoms with Gasteiger partial charge in [0.25, 0.3) is 0 Å². The van der Waals surface area contributed by atoms with Crippen LogP contribution in [-0.2, 0) is 4.74 Å². The zero-order valence-electron chi connectivity index (χ0n) is 9.55. The molecule has 0 heterocycles. The number of hydrogen-bond acceptors (Lipinski definition) is 1. The molecule has 0 spiro atoms. The van der Waals surface area contributed by atoms with E-state index in [0.29, 0.717) is 12.0 Å². The molecule has 0 saturated heterocycles. The average Bonchev–Trinajstić information content (AvgIpc) is 2.12. The third-order valence-electron chi connectivity index (χ3n) is 2.30. The normalized spacial score (nSPS) is 16.3. The summed E-state index contributed by atoms with van der Waals surface area (Å²) in [5.41, 5.74) is 0. The van der Waals surface area contributed by atoms with E-state index in [9.17, 15) is 0 Å². The summed E-state index contributed by atoms with van der Waals surface area (Å²) in [5, 5.41) is 0. The number of hydrogen-bond donors (Lipinski definition) is 0. The summed E-state index contributed by atoms with van der Waals surface area (Å²) in [6, 6.07) is 0. The molecule has 0 aliphatic heterocycles. The highest BCUT2D eigenvalue weighted by atomic mass is 16.5. The van der Waals surface area contributed by atoms with E-state index < -0.39 is 0 Å². The van der Waals surface area contributed by atoms with Gasteiger partial charge >= 0.3 is 0 Å². The van der Waals surface area contributed by atoms with Gasteiger partial charge in [0.1, 0.15) is 0 Å². The van der Waals surface area contributed by atoms with Crippen molar-refractivity contribution in [2.75, 3.05) is 7.11 Å². The van der Waals surface area contributed by atoms with Gasteiger partial charge in [0, 0.05) is 7.11 Å². The molecule has 1 heteroatoms. The molecule has 2 atom stereocenters. The van der Waals surface area contributed by atoms with Crippen LogP contribution in [0.2, 0.25) is 0 Å². The molecule has 13 heavy (non-hydrogen) atoms. The van der Waals surface area contributed by atoms with Crippen LogP contribution in [0.5, 0.6) is 0 Å². The third kappa shape index (κ3) is 8.04. The molecule has 78 valence electrons. The maximum absolute atomic E-state index is 5.21. The van der Waals surface area contributed by atoms with Gasteiger partial charge in [0.2, 0.25) is 0 Å². The summed E-state index contributed by atoms with van der Waals surface area (Å²) in [4.78, 5) is 0. The van der Waals surface area contributed by atoms with Gasteiger partial charge in [-0.2, -0.15) is 0 Å². The van der Waals surface area contributed by atoms with E-state index in [0.717, 1.165) is 6.42 Å². The Labute approximate surface area is 83.2 Å². The van der Waals surface area contributed by atoms with E-state index in [4.69, 9.17) is 4.74 Å². The molecule has 0 aromatic carbocycles. The van der Waals surface area contributed by atoms with Crippen molar-refractivity contribution in [2.45, 2.75) is 52.6 Å². The van der Waals surface area contributed by atoms with Crippen molar-refractivity contribution in [2.24, 2.45) is 5.92 Å². The van der Waals surface area contributed by atoms with Crippen molar-refractivity contribution in [3.8, 4) is 0 Å². The first kappa shape index (κ1) is 12.7. The molecule has 0 bridgehead atoms. The molecule has 0 aliphatic carbocycles. The van der Waals surface area contributed by atoms with E-state index >= 15 is 0 Å². The fraction of sp³-hybridized carbons (Fsp3) is 0.833. The highest BCUT2D eigenvalue weighted by Crippen LogP contribution is 2.10. The van der Waals surface area contributed by atoms with E-state index in [1.165, 1.54) is 19.3 Å². The topological polar surface area (TPSA) is 9.23 Å². The summed E-state index contributed by atoms with van der Waals surface area (Å²) in [6.07, 6.45) is 9.94. The Bertz CT molecular complexity index is 129. The van der Waals surface area contributed by atoms with Crippen LogP contribution in [0.1, 0.15) is 46.5 Å². The number of ether oxygens (including phenoxy) is 1. The smallest absolute Gasteiger partial charge is 0.0548 e. The first-order chi connectivity index (χ1) is 6.20. The molecule has 0 fully saturated rings. The van der Waals surface area contributed by atoms with Crippen LogP contribution < -0.4 is 0 Å². The van der Waals surface area contributed by atoms with Crippen molar-refractivity contribution < 1.29 is 4.74 Å². The fourth-order valence-corrected chi connectivity index (χ4v) is 1.35. The second-order valence-corrected chi connectivity index (χ2v) is 3.83. The second kappa shape index (κ2) is 8.31. The van der Waals surface area contributed by atoms with Gasteiger partial charge in [-0.05, 0) is 25.7 Å². The predicted molar refractivity (Wildman–Crippen MR) is 58.9 cm³/mol. The summed E-state index contributed by atoms with van der Waals surface area (Å²) in [5.74, 6) is 0.645. The molecule has 0 N–H and O–H groups in total. The Kier molecular flexibility index (Phi) is 8.11. The van der Waals surface area contributed by atoms with Gasteiger partial charge < -0.3 is 4.74 Å². The van der Waals surface area contributed by atoms with Crippen LogP contribution in [0.15, 0.2) is 12.2 Å². The molecule has 0 saturated carbocycles. The third-order valence-corrected chi connectivity index (χ3v) is 2.30. The average molecular weight is 184 g/mol. The van der Waals surface area contributed by atoms with Crippen molar-refractivity contribution in [3.63, 3.8) is 0 Å². The molecule has 1 nitrogen and oxygen atoms in total. The first-order valence-corrected chi connectivity index (χ1v) is 5.40. The van der Waals surface area contributed by atoms with E-state index in [1.807, 2.05) is 0 Å². The lowest BCUT2D eigenvalue weighted by molar-refractivity contribution is 0.103. The maximum Gasteiger partial charge on any atom is 0.0548 e. The number of unbranched alkanes of at least 4 members (excludes halogenated alkanes) is 2. The minimum absolute atomic E-state index is 0.380. The van der Waals surface area contributed by atoms with Crippen molar-refractivity contribution in [3.05, 3.63) is 12.2 Å². The Hall–Kier alpha value is -0.300. The minimum atomic E-state index is 0.380. The van der Waals surface area contributed by atoms with Gasteiger partial charge in [-0.1, -0.05) is 38.8 Å². The van der Waals surface area contributed by atoms with Gasteiger partial charge in [-0.25, -0.2) is 0 Å². The molecule has 0 radical (unpaired) electrons. The second-order valence-electron chi connectivity index (χ2n) is 3.83. The predicted octanol–water partition coefficient (Wildman–Crippen LogP) is 3.79. The largest absolute Gasteiger partial charge is 0.382 e. The molecular weight excluding hydrogens is 160 g/mol. The van der Waals surface area contributed by atoms with Crippen LogP contribution in [0.4, 0.5) is 0 Å². The van der Waals surface area contributed by atoms with Crippen LogP contribution in [0, 0.1) is 5.92 Å². The highest BCUT2D eigenvalue weighted by molar-refractivity contribution is 4.86. The lowest BCUT2D eigenvalue weighted by Crippen LogP contribution is -2.08. The minimum Gasteiger partial charge on any atom is -0.382 e. The fourth-order valence-electron chi connectivity index (χ4n) is 1.35. The van der Waals surface area contributed by atoms with E-state index in [1.54, 1.807) is 7.11 Å². The molecule has 0 aromatic heterocycles. The number of allylic oxidation sites excluding steroid dienone is 2. The van der Waals surface area contributed by atoms with Crippen LogP contribution in [0.3, 0.4) is 0 Å². The Morgan fingerprint density at radius 2 is 2.00 bits per heavy atom. The zero-order valence-corrected chi connectivity index (χ0v) is 9.55. The summed E-state index contributed by atoms with van der Waals surface area (Å²) in [7, 11) is 1.78. The van der Waals surface area contributed by atoms with Crippen LogP contribution in [-0.4, -0.2) is 13.2 Å². The molecule has 0 amide bonds. The quantitative estimate of drug-likeness (QED) is 0.432. The molecule has 0 rings (SSSR count). The SMILES string of the molecule is CCCCC=CC(C)CC(C)OC. The van der Waals surface area contributed by atoms with Crippen LogP contribution >= 0.6 is 0 Å². The summed E-state index contributed by atoms with van der Waals surface area (Å²) in [6.45, 7) is 6.60. The first-order valence-electron chi connectivity index (χ1n) is 5.40. The van der Waals surface area contributed by atoms with E-state index in [-0.39, 0.29) is 0 Å². The Morgan fingerprint density at radius 3 is 2.54 bits per heavy atom. The van der Waals surface area contributed by atoms with Crippen molar-refractivity contribution in [1.29, 1.82) is 0 Å². The monoisotopic (exact) mass is 184 g/mol. The lowest BCUT2D eigenvalue weighted by atomic mass is 10.0. The maximum atomic E-state index is 5.21. The van der Waals surface area contributed by atoms with Gasteiger partial charge in [0.15, 0.2) is 0 Å². The highest BCUT2D eigenvalue weighted by Gasteiger charge is 2.03. The van der Waals surface area contributed by atoms with Gasteiger partial charge in [-0.3, -0.25) is 0 Å². The molecule has 2 unspecified atom stereocenters. The summed E-state index contributed by atoms with van der Waals surface area (Å²) >= 11 is 0. The van der Waals surface area contributed by atoms with Crippen molar-refractivity contribution in [1.82, 2.24) is 0 Å². The zero-order chi connectivity index (χ0) is 10.1. The number of rotatable bonds is 7. The molecular formula is C12H24O. The van der Waals surface area contributed by atoms with Gasteiger partial charge in [0.05, 0.1) is 6.10 Å². The number of methoxy groups -OCH3 is 1.